The van der Waals surface area contributed by atoms with Crippen molar-refractivity contribution >= 4 is 10.0 Å². The second-order valence-electron chi connectivity index (χ2n) is 11.2. The Morgan fingerprint density at radius 2 is 1.54 bits per heavy atom. The number of aliphatic hydroxyl groups is 1. The van der Waals surface area contributed by atoms with Gasteiger partial charge in [0.05, 0.1) is 17.5 Å². The summed E-state index contributed by atoms with van der Waals surface area (Å²) >= 11 is 0. The topological polar surface area (TPSA) is 73.3 Å². The van der Waals surface area contributed by atoms with Crippen LogP contribution in [0.4, 0.5) is 0 Å². The molecule has 0 radical (unpaired) electrons. The molecular weight excluding hydrogens is 510 g/mol. The van der Waals surface area contributed by atoms with Crippen molar-refractivity contribution in [3.05, 3.63) is 95.6 Å². The van der Waals surface area contributed by atoms with Crippen molar-refractivity contribution in [3.8, 4) is 5.75 Å². The molecule has 1 aliphatic carbocycles. The van der Waals surface area contributed by atoms with Crippen molar-refractivity contribution in [3.63, 3.8) is 0 Å². The summed E-state index contributed by atoms with van der Waals surface area (Å²) in [5.74, 6) is 0.758. The lowest BCUT2D eigenvalue weighted by Gasteiger charge is -2.50. The van der Waals surface area contributed by atoms with Gasteiger partial charge < -0.3 is 9.84 Å². The minimum atomic E-state index is -3.96. The fourth-order valence-electron chi connectivity index (χ4n) is 6.48. The standard InChI is InChI=1S/C31H39N3O4S/c1-24-10-16-28(17-11-24)39(36,37)34-29(35)33(22-25-12-14-27(38-4)15-13-25)23-30(34)18-20-31(21-19-30,32(2)3)26-8-6-5-7-9-26/h5-17,29,35H,18-23H2,1-4H3. The van der Waals surface area contributed by atoms with Gasteiger partial charge in [0.25, 0.3) is 0 Å². The van der Waals surface area contributed by atoms with Crippen LogP contribution in [0.25, 0.3) is 0 Å². The van der Waals surface area contributed by atoms with Crippen LogP contribution in [0.1, 0.15) is 42.4 Å². The predicted molar refractivity (Wildman–Crippen MR) is 153 cm³/mol. The maximum atomic E-state index is 14.2. The molecule has 2 fully saturated rings. The van der Waals surface area contributed by atoms with Gasteiger partial charge in [-0.2, -0.15) is 0 Å². The van der Waals surface area contributed by atoms with Gasteiger partial charge in [-0.1, -0.05) is 60.2 Å². The number of nitrogens with zero attached hydrogens (tertiary/aromatic N) is 3. The Labute approximate surface area is 232 Å². The molecule has 1 unspecified atom stereocenters. The van der Waals surface area contributed by atoms with E-state index < -0.39 is 21.9 Å². The van der Waals surface area contributed by atoms with Crippen LogP contribution < -0.4 is 4.74 Å². The summed E-state index contributed by atoms with van der Waals surface area (Å²) in [5, 5.41) is 11.7. The largest absolute Gasteiger partial charge is 0.497 e. The van der Waals surface area contributed by atoms with Crippen LogP contribution in [0.3, 0.4) is 0 Å². The molecule has 1 spiro atoms. The molecule has 208 valence electrons. The third-order valence-electron chi connectivity index (χ3n) is 8.80. The molecule has 1 atom stereocenters. The van der Waals surface area contributed by atoms with Gasteiger partial charge in [0.2, 0.25) is 10.0 Å². The first-order chi connectivity index (χ1) is 18.6. The third kappa shape index (κ3) is 5.00. The molecule has 39 heavy (non-hydrogen) atoms. The normalized spacial score (nSPS) is 26.4. The summed E-state index contributed by atoms with van der Waals surface area (Å²) in [6, 6.07) is 25.1. The van der Waals surface area contributed by atoms with Gasteiger partial charge in [0.15, 0.2) is 6.35 Å². The molecule has 7 nitrogen and oxygen atoms in total. The molecule has 0 bridgehead atoms. The fraction of sp³-hybridized carbons (Fsp3) is 0.419. The first-order valence-electron chi connectivity index (χ1n) is 13.5. The lowest BCUT2D eigenvalue weighted by molar-refractivity contribution is -0.0458. The number of hydrogen-bond acceptors (Lipinski definition) is 6. The molecule has 2 aliphatic rings. The first kappa shape index (κ1) is 27.8. The third-order valence-corrected chi connectivity index (χ3v) is 10.8. The number of methoxy groups -OCH3 is 1. The van der Waals surface area contributed by atoms with Crippen LogP contribution >= 0.6 is 0 Å². The average molecular weight is 550 g/mol. The molecule has 1 N–H and O–H groups in total. The van der Waals surface area contributed by atoms with E-state index in [1.807, 2.05) is 54.3 Å². The van der Waals surface area contributed by atoms with Crippen molar-refractivity contribution < 1.29 is 18.3 Å². The summed E-state index contributed by atoms with van der Waals surface area (Å²) in [6.45, 7) is 2.83. The second kappa shape index (κ2) is 10.7. The molecule has 8 heteroatoms. The van der Waals surface area contributed by atoms with Gasteiger partial charge >= 0.3 is 0 Å². The Morgan fingerprint density at radius 3 is 2.10 bits per heavy atom. The lowest BCUT2D eigenvalue weighted by Crippen LogP contribution is -2.57. The van der Waals surface area contributed by atoms with Crippen molar-refractivity contribution in [2.75, 3.05) is 27.7 Å². The molecule has 3 aromatic carbocycles. The van der Waals surface area contributed by atoms with E-state index in [-0.39, 0.29) is 10.4 Å². The van der Waals surface area contributed by atoms with E-state index >= 15 is 0 Å². The van der Waals surface area contributed by atoms with Gasteiger partial charge in [-0.05, 0) is 82.1 Å². The first-order valence-corrected chi connectivity index (χ1v) is 14.9. The van der Waals surface area contributed by atoms with E-state index in [0.29, 0.717) is 25.9 Å². The number of hydrogen-bond donors (Lipinski definition) is 1. The number of aliphatic hydroxyl groups excluding tert-OH is 1. The molecule has 1 saturated carbocycles. The van der Waals surface area contributed by atoms with Crippen molar-refractivity contribution in [2.45, 2.75) is 61.5 Å². The Hall–Kier alpha value is -2.75. The van der Waals surface area contributed by atoms with Crippen LogP contribution in [0.15, 0.2) is 83.8 Å². The van der Waals surface area contributed by atoms with Crippen molar-refractivity contribution in [1.29, 1.82) is 0 Å². The Bertz CT molecular complexity index is 1370. The van der Waals surface area contributed by atoms with Gasteiger partial charge in [0, 0.05) is 18.6 Å². The average Bonchev–Trinajstić information content (AvgIpc) is 3.21. The number of ether oxygens (including phenoxy) is 1. The van der Waals surface area contributed by atoms with Crippen LogP contribution in [-0.2, 0) is 22.1 Å². The summed E-state index contributed by atoms with van der Waals surface area (Å²) < 4.78 is 35.1. The van der Waals surface area contributed by atoms with Gasteiger partial charge in [-0.15, -0.1) is 4.31 Å². The zero-order chi connectivity index (χ0) is 27.8. The van der Waals surface area contributed by atoms with Gasteiger partial charge in [-0.25, -0.2) is 8.42 Å². The van der Waals surface area contributed by atoms with Crippen molar-refractivity contribution in [1.82, 2.24) is 14.1 Å². The monoisotopic (exact) mass is 549 g/mol. The SMILES string of the molecule is COc1ccc(CN2CC3(CCC(c4ccccc4)(N(C)C)CC3)N(S(=O)(=O)c3ccc(C)cc3)C2O)cc1. The molecule has 1 heterocycles. The molecule has 0 aromatic heterocycles. The highest BCUT2D eigenvalue weighted by molar-refractivity contribution is 7.89. The highest BCUT2D eigenvalue weighted by Crippen LogP contribution is 2.51. The number of benzene rings is 3. The number of sulfonamides is 1. The lowest BCUT2D eigenvalue weighted by atomic mass is 9.69. The van der Waals surface area contributed by atoms with E-state index in [0.717, 1.165) is 29.7 Å². The van der Waals surface area contributed by atoms with Crippen LogP contribution in [-0.4, -0.2) is 67.3 Å². The number of aryl methyl sites for hydroxylation is 1. The molecule has 1 aliphatic heterocycles. The quantitative estimate of drug-likeness (QED) is 0.466. The second-order valence-corrected chi connectivity index (χ2v) is 13.0. The van der Waals surface area contributed by atoms with Crippen LogP contribution in [0.2, 0.25) is 0 Å². The van der Waals surface area contributed by atoms with Gasteiger partial charge in [0.1, 0.15) is 5.75 Å². The molecule has 1 saturated heterocycles. The Balaban J connectivity index is 1.51. The summed E-state index contributed by atoms with van der Waals surface area (Å²) in [5.41, 5.74) is 2.31. The molecule has 0 amide bonds. The molecular formula is C31H39N3O4S. The highest BCUT2D eigenvalue weighted by Gasteiger charge is 2.59. The van der Waals surface area contributed by atoms with E-state index in [2.05, 4.69) is 43.3 Å². The highest BCUT2D eigenvalue weighted by atomic mass is 32.2. The zero-order valence-corrected chi connectivity index (χ0v) is 24.1. The smallest absolute Gasteiger partial charge is 0.246 e. The number of rotatable bonds is 7. The fourth-order valence-corrected chi connectivity index (χ4v) is 8.32. The van der Waals surface area contributed by atoms with E-state index in [1.54, 1.807) is 19.2 Å². The predicted octanol–water partition coefficient (Wildman–Crippen LogP) is 4.56. The summed E-state index contributed by atoms with van der Waals surface area (Å²) in [4.78, 5) is 4.37. The Morgan fingerprint density at radius 1 is 0.923 bits per heavy atom. The molecule has 3 aromatic rings. The van der Waals surface area contributed by atoms with Crippen LogP contribution in [0.5, 0.6) is 5.75 Å². The Kier molecular flexibility index (Phi) is 7.61. The molecule has 5 rings (SSSR count). The minimum absolute atomic E-state index is 0.194. The van der Waals surface area contributed by atoms with Gasteiger partial charge in [-0.3, -0.25) is 9.80 Å². The summed E-state index contributed by atoms with van der Waals surface area (Å²) in [6.07, 6.45) is 1.59. The van der Waals surface area contributed by atoms with E-state index in [1.165, 1.54) is 9.87 Å². The van der Waals surface area contributed by atoms with Crippen molar-refractivity contribution in [2.24, 2.45) is 0 Å². The minimum Gasteiger partial charge on any atom is -0.497 e. The van der Waals surface area contributed by atoms with E-state index in [4.69, 9.17) is 4.74 Å². The van der Waals surface area contributed by atoms with E-state index in [9.17, 15) is 13.5 Å². The summed E-state index contributed by atoms with van der Waals surface area (Å²) in [7, 11) is 1.87. The van der Waals surface area contributed by atoms with Crippen LogP contribution in [0, 0.1) is 6.92 Å². The maximum absolute atomic E-state index is 14.2. The maximum Gasteiger partial charge on any atom is 0.246 e. The zero-order valence-electron chi connectivity index (χ0n) is 23.2.